The van der Waals surface area contributed by atoms with Crippen molar-refractivity contribution in [2.75, 3.05) is 0 Å². The SMILES string of the molecule is Cc1ccc(/C=C/C(=O)c2ccc(Cl)cc2)cc1.Cc1ccc(C(=O)/C=C/c2c(Cl)cccc2Cl)cc1.Cc1ccc(C(=O)/C=C/c2ccc(Cl)cc2)cc1.Cc1ccc(C(=O)/C=C/c2ccc(Cl)cc2Cl)cc1. The van der Waals surface area contributed by atoms with Crippen LogP contribution in [0.1, 0.15) is 85.9 Å². The van der Waals surface area contributed by atoms with E-state index in [2.05, 4.69) is 0 Å². The topological polar surface area (TPSA) is 68.3 Å². The summed E-state index contributed by atoms with van der Waals surface area (Å²) in [5.74, 6) is -0.140. The molecule has 8 aromatic carbocycles. The van der Waals surface area contributed by atoms with E-state index in [0.29, 0.717) is 58.0 Å². The van der Waals surface area contributed by atoms with Crippen molar-refractivity contribution in [3.05, 3.63) is 303 Å². The van der Waals surface area contributed by atoms with Crippen molar-refractivity contribution >= 4 is 117 Å². The standard InChI is InChI=1S/2C16H12Cl2O.2C16H13ClO/c1-11-2-4-13(5-3-11)16(19)9-7-12-6-8-14(17)10-15(12)18;1-11-5-7-12(8-6-11)16(19)10-9-13-14(17)3-2-4-15(13)18;1-12-2-7-14(8-3-12)16(18)11-6-13-4-9-15(17)10-5-13;1-12-2-4-13(5-3-12)6-11-16(18)14-7-9-15(17)10-8-14/h2*2-10H,1H3;2*2-11H,1H3/b9-7+;10-9+;2*11-6+. The summed E-state index contributed by atoms with van der Waals surface area (Å²) in [6, 6.07) is 55.1. The third-order valence-electron chi connectivity index (χ3n) is 10.7. The molecular weight excluding hydrogens is 1050 g/mol. The second kappa shape index (κ2) is 29.7. The molecule has 8 rings (SSSR count). The van der Waals surface area contributed by atoms with E-state index in [9.17, 15) is 19.2 Å². The van der Waals surface area contributed by atoms with E-state index in [-0.39, 0.29) is 23.1 Å². The van der Waals surface area contributed by atoms with E-state index in [1.54, 1.807) is 115 Å². The Morgan fingerprint density at radius 2 is 0.608 bits per heavy atom. The van der Waals surface area contributed by atoms with E-state index < -0.39 is 0 Å². The summed E-state index contributed by atoms with van der Waals surface area (Å²) < 4.78 is 0. The van der Waals surface area contributed by atoms with Crippen LogP contribution in [0.3, 0.4) is 0 Å². The zero-order valence-electron chi connectivity index (χ0n) is 40.8. The Morgan fingerprint density at radius 3 is 0.986 bits per heavy atom. The number of aryl methyl sites for hydroxylation is 4. The number of carbonyl (C=O) groups is 4. The van der Waals surface area contributed by atoms with Gasteiger partial charge in [0.25, 0.3) is 0 Å². The average molecular weight is 1100 g/mol. The van der Waals surface area contributed by atoms with Crippen LogP contribution in [-0.2, 0) is 0 Å². The monoisotopic (exact) mass is 1090 g/mol. The summed E-state index contributed by atoms with van der Waals surface area (Å²) in [5, 5.41) is 3.49. The van der Waals surface area contributed by atoms with Gasteiger partial charge in [0, 0.05) is 58.0 Å². The number of allylic oxidation sites excluding steroid dienone is 4. The van der Waals surface area contributed by atoms with Gasteiger partial charge in [0.05, 0.1) is 0 Å². The minimum atomic E-state index is -0.0732. The number of carbonyl (C=O) groups excluding carboxylic acids is 4. The first-order valence-electron chi connectivity index (χ1n) is 23.0. The molecule has 0 saturated heterocycles. The summed E-state index contributed by atoms with van der Waals surface area (Å²) in [6.45, 7) is 8.00. The molecule has 4 nitrogen and oxygen atoms in total. The third-order valence-corrected chi connectivity index (χ3v) is 12.4. The van der Waals surface area contributed by atoms with E-state index >= 15 is 0 Å². The van der Waals surface area contributed by atoms with Gasteiger partial charge in [-0.3, -0.25) is 19.2 Å². The second-order valence-corrected chi connectivity index (χ2v) is 19.2. The van der Waals surface area contributed by atoms with Crippen molar-refractivity contribution in [3.63, 3.8) is 0 Å². The molecular formula is C64H50Cl6O4. The molecule has 0 saturated carbocycles. The summed E-state index contributed by atoms with van der Waals surface area (Å²) in [6.07, 6.45) is 13.1. The third kappa shape index (κ3) is 19.9. The second-order valence-electron chi connectivity index (χ2n) is 16.7. The van der Waals surface area contributed by atoms with E-state index in [1.807, 2.05) is 131 Å². The van der Waals surface area contributed by atoms with E-state index in [1.165, 1.54) is 17.7 Å². The van der Waals surface area contributed by atoms with Gasteiger partial charge >= 0.3 is 0 Å². The van der Waals surface area contributed by atoms with Gasteiger partial charge < -0.3 is 0 Å². The lowest BCUT2D eigenvalue weighted by Crippen LogP contribution is -1.93. The maximum atomic E-state index is 12.0. The number of hydrogen-bond donors (Lipinski definition) is 0. The molecule has 0 N–H and O–H groups in total. The van der Waals surface area contributed by atoms with Crippen LogP contribution in [0.25, 0.3) is 24.3 Å². The van der Waals surface area contributed by atoms with Crippen molar-refractivity contribution < 1.29 is 19.2 Å². The quantitative estimate of drug-likeness (QED) is 0.0903. The van der Waals surface area contributed by atoms with Gasteiger partial charge in [-0.2, -0.15) is 0 Å². The lowest BCUT2D eigenvalue weighted by atomic mass is 10.1. The molecule has 0 bridgehead atoms. The maximum Gasteiger partial charge on any atom is 0.185 e. The molecule has 10 heteroatoms. The van der Waals surface area contributed by atoms with Crippen LogP contribution in [0, 0.1) is 27.7 Å². The molecule has 0 radical (unpaired) electrons. The van der Waals surface area contributed by atoms with Crippen molar-refractivity contribution in [2.45, 2.75) is 27.7 Å². The fourth-order valence-electron chi connectivity index (χ4n) is 6.38. The molecule has 0 amide bonds. The van der Waals surface area contributed by atoms with Crippen LogP contribution >= 0.6 is 69.6 Å². The molecule has 372 valence electrons. The highest BCUT2D eigenvalue weighted by Crippen LogP contribution is 2.26. The minimum absolute atomic E-state index is 0.00458. The van der Waals surface area contributed by atoms with Gasteiger partial charge in [-0.25, -0.2) is 0 Å². The normalized spacial score (nSPS) is 10.8. The van der Waals surface area contributed by atoms with Crippen molar-refractivity contribution in [3.8, 4) is 0 Å². The highest BCUT2D eigenvalue weighted by Gasteiger charge is 2.06. The van der Waals surface area contributed by atoms with Crippen LogP contribution in [0.4, 0.5) is 0 Å². The molecule has 0 fully saturated rings. The van der Waals surface area contributed by atoms with Gasteiger partial charge in [-0.05, 0) is 142 Å². The first kappa shape index (κ1) is 58.0. The molecule has 0 aliphatic heterocycles. The number of hydrogen-bond acceptors (Lipinski definition) is 4. The maximum absolute atomic E-state index is 12.0. The Balaban J connectivity index is 0.000000183. The van der Waals surface area contributed by atoms with Gasteiger partial charge in [-0.15, -0.1) is 0 Å². The number of halogens is 6. The first-order valence-corrected chi connectivity index (χ1v) is 25.3. The van der Waals surface area contributed by atoms with Crippen LogP contribution in [0.2, 0.25) is 30.1 Å². The van der Waals surface area contributed by atoms with Gasteiger partial charge in [0.2, 0.25) is 0 Å². The Morgan fingerprint density at radius 1 is 0.311 bits per heavy atom. The molecule has 0 aliphatic carbocycles. The molecule has 74 heavy (non-hydrogen) atoms. The molecule has 0 unspecified atom stereocenters. The summed E-state index contributed by atoms with van der Waals surface area (Å²) in [5.41, 5.74) is 10.6. The Hall–Kier alpha value is -6.86. The summed E-state index contributed by atoms with van der Waals surface area (Å²) >= 11 is 35.5. The summed E-state index contributed by atoms with van der Waals surface area (Å²) in [4.78, 5) is 47.7. The summed E-state index contributed by atoms with van der Waals surface area (Å²) in [7, 11) is 0. The predicted molar refractivity (Wildman–Crippen MR) is 314 cm³/mol. The van der Waals surface area contributed by atoms with Gasteiger partial charge in [0.1, 0.15) is 0 Å². The van der Waals surface area contributed by atoms with E-state index in [4.69, 9.17) is 69.6 Å². The highest BCUT2D eigenvalue weighted by molar-refractivity contribution is 6.37. The first-order chi connectivity index (χ1) is 35.4. The fourth-order valence-corrected chi connectivity index (χ4v) is 7.63. The zero-order chi connectivity index (χ0) is 53.6. The molecule has 8 aromatic rings. The van der Waals surface area contributed by atoms with E-state index in [0.717, 1.165) is 33.4 Å². The Kier molecular flexibility index (Phi) is 23.3. The van der Waals surface area contributed by atoms with Crippen LogP contribution in [0.5, 0.6) is 0 Å². The lowest BCUT2D eigenvalue weighted by Gasteiger charge is -2.01. The number of benzene rings is 8. The predicted octanol–water partition coefficient (Wildman–Crippen LogP) is 19.5. The van der Waals surface area contributed by atoms with Crippen LogP contribution in [0.15, 0.2) is 206 Å². The average Bonchev–Trinajstić information content (AvgIpc) is 3.39. The Labute approximate surface area is 463 Å². The van der Waals surface area contributed by atoms with Crippen molar-refractivity contribution in [1.29, 1.82) is 0 Å². The molecule has 0 heterocycles. The molecule has 0 aliphatic rings. The van der Waals surface area contributed by atoms with Gasteiger partial charge in [-0.1, -0.05) is 225 Å². The van der Waals surface area contributed by atoms with Crippen molar-refractivity contribution in [2.24, 2.45) is 0 Å². The molecule has 0 atom stereocenters. The lowest BCUT2D eigenvalue weighted by molar-refractivity contribution is 0.103. The highest BCUT2D eigenvalue weighted by atomic mass is 35.5. The van der Waals surface area contributed by atoms with Crippen molar-refractivity contribution in [1.82, 2.24) is 0 Å². The molecule has 0 spiro atoms. The minimum Gasteiger partial charge on any atom is -0.289 e. The largest absolute Gasteiger partial charge is 0.289 e. The van der Waals surface area contributed by atoms with Crippen LogP contribution in [-0.4, -0.2) is 23.1 Å². The number of ketones is 4. The smallest absolute Gasteiger partial charge is 0.185 e. The van der Waals surface area contributed by atoms with Gasteiger partial charge in [0.15, 0.2) is 23.1 Å². The Bertz CT molecular complexity index is 3150. The number of rotatable bonds is 12. The van der Waals surface area contributed by atoms with Crippen LogP contribution < -0.4 is 0 Å². The zero-order valence-corrected chi connectivity index (χ0v) is 45.4. The fraction of sp³-hybridized carbons (Fsp3) is 0.0625. The molecule has 0 aromatic heterocycles.